The lowest BCUT2D eigenvalue weighted by Gasteiger charge is -2.18. The van der Waals surface area contributed by atoms with Crippen molar-refractivity contribution in [2.75, 3.05) is 0 Å². The summed E-state index contributed by atoms with van der Waals surface area (Å²) in [6.45, 7) is 6.15. The van der Waals surface area contributed by atoms with Gasteiger partial charge in [0.15, 0.2) is 0 Å². The molecule has 0 spiro atoms. The fourth-order valence-corrected chi connectivity index (χ4v) is 3.36. The summed E-state index contributed by atoms with van der Waals surface area (Å²) in [7, 11) is 1.95. The lowest BCUT2D eigenvalue weighted by Crippen LogP contribution is -2.37. The average molecular weight is 292 g/mol. The Morgan fingerprint density at radius 2 is 2.19 bits per heavy atom. The van der Waals surface area contributed by atoms with Crippen LogP contribution in [0.25, 0.3) is 0 Å². The molecule has 1 saturated carbocycles. The van der Waals surface area contributed by atoms with Gasteiger partial charge in [-0.05, 0) is 51.5 Å². The molecule has 0 aromatic carbocycles. The molecule has 1 aliphatic rings. The van der Waals surface area contributed by atoms with Crippen molar-refractivity contribution >= 4 is 5.91 Å². The molecule has 1 aromatic rings. The number of hydrogen-bond acceptors (Lipinski definition) is 3. The molecule has 0 aliphatic heterocycles. The van der Waals surface area contributed by atoms with Crippen LogP contribution in [0.1, 0.15) is 49.6 Å². The highest BCUT2D eigenvalue weighted by Gasteiger charge is 2.26. The van der Waals surface area contributed by atoms with Crippen LogP contribution < -0.4 is 11.1 Å². The molecule has 5 heteroatoms. The van der Waals surface area contributed by atoms with Crippen LogP contribution in [0.4, 0.5) is 0 Å². The minimum Gasteiger partial charge on any atom is -0.353 e. The van der Waals surface area contributed by atoms with E-state index in [-0.39, 0.29) is 18.0 Å². The van der Waals surface area contributed by atoms with Crippen LogP contribution in [0.2, 0.25) is 0 Å². The summed E-state index contributed by atoms with van der Waals surface area (Å²) >= 11 is 0. The summed E-state index contributed by atoms with van der Waals surface area (Å²) in [5.74, 6) is 0.489. The first kappa shape index (κ1) is 16.0. The van der Waals surface area contributed by atoms with E-state index in [1.54, 1.807) is 0 Å². The van der Waals surface area contributed by atoms with Crippen molar-refractivity contribution in [1.82, 2.24) is 15.1 Å². The van der Waals surface area contributed by atoms with Crippen LogP contribution in [0, 0.1) is 19.8 Å². The van der Waals surface area contributed by atoms with Gasteiger partial charge in [0.05, 0.1) is 5.69 Å². The Kier molecular flexibility index (Phi) is 5.04. The third-order valence-corrected chi connectivity index (χ3v) is 4.74. The molecule has 1 fully saturated rings. The van der Waals surface area contributed by atoms with Crippen LogP contribution in [-0.4, -0.2) is 27.8 Å². The Morgan fingerprint density at radius 1 is 1.48 bits per heavy atom. The molecule has 0 radical (unpaired) electrons. The second-order valence-corrected chi connectivity index (χ2v) is 6.50. The van der Waals surface area contributed by atoms with Gasteiger partial charge in [-0.25, -0.2) is 0 Å². The predicted molar refractivity (Wildman–Crippen MR) is 83.9 cm³/mol. The fourth-order valence-electron chi connectivity index (χ4n) is 3.36. The summed E-state index contributed by atoms with van der Waals surface area (Å²) in [6, 6.07) is 0.325. The van der Waals surface area contributed by atoms with E-state index < -0.39 is 0 Å². The lowest BCUT2D eigenvalue weighted by atomic mass is 9.99. The number of nitrogens with one attached hydrogen (secondary N) is 1. The largest absolute Gasteiger partial charge is 0.353 e. The van der Waals surface area contributed by atoms with Crippen LogP contribution in [-0.2, 0) is 18.3 Å². The third-order valence-electron chi connectivity index (χ3n) is 4.74. The van der Waals surface area contributed by atoms with Crippen molar-refractivity contribution < 1.29 is 4.79 Å². The van der Waals surface area contributed by atoms with E-state index in [1.807, 2.05) is 18.7 Å². The topological polar surface area (TPSA) is 72.9 Å². The van der Waals surface area contributed by atoms with Crippen molar-refractivity contribution in [3.63, 3.8) is 0 Å². The minimum absolute atomic E-state index is 0.122. The number of nitrogens with two attached hydrogens (primary N) is 1. The zero-order chi connectivity index (χ0) is 15.6. The van der Waals surface area contributed by atoms with Crippen molar-refractivity contribution in [2.45, 2.75) is 65.0 Å². The van der Waals surface area contributed by atoms with E-state index in [1.165, 1.54) is 11.3 Å². The van der Waals surface area contributed by atoms with Crippen LogP contribution in [0.5, 0.6) is 0 Å². The number of aryl methyl sites for hydroxylation is 2. The number of rotatable bonds is 5. The van der Waals surface area contributed by atoms with Gasteiger partial charge in [-0.3, -0.25) is 9.48 Å². The molecule has 1 unspecified atom stereocenters. The van der Waals surface area contributed by atoms with E-state index in [2.05, 4.69) is 24.3 Å². The number of nitrogens with zero attached hydrogens (tertiary/aromatic N) is 2. The first-order chi connectivity index (χ1) is 9.88. The van der Waals surface area contributed by atoms with Gasteiger partial charge in [0.2, 0.25) is 5.91 Å². The van der Waals surface area contributed by atoms with Crippen molar-refractivity contribution in [3.8, 4) is 0 Å². The highest BCUT2D eigenvalue weighted by Crippen LogP contribution is 2.26. The second kappa shape index (κ2) is 6.60. The van der Waals surface area contributed by atoms with Gasteiger partial charge >= 0.3 is 0 Å². The quantitative estimate of drug-likeness (QED) is 0.866. The van der Waals surface area contributed by atoms with Gasteiger partial charge in [-0.15, -0.1) is 0 Å². The predicted octanol–water partition coefficient (Wildman–Crippen LogP) is 1.60. The highest BCUT2D eigenvalue weighted by atomic mass is 16.1. The van der Waals surface area contributed by atoms with E-state index >= 15 is 0 Å². The van der Waals surface area contributed by atoms with Gasteiger partial charge in [-0.2, -0.15) is 5.10 Å². The second-order valence-electron chi connectivity index (χ2n) is 6.50. The summed E-state index contributed by atoms with van der Waals surface area (Å²) in [4.78, 5) is 12.1. The summed E-state index contributed by atoms with van der Waals surface area (Å²) in [6.07, 6.45) is 4.69. The maximum atomic E-state index is 12.1. The van der Waals surface area contributed by atoms with Crippen LogP contribution in [0.3, 0.4) is 0 Å². The first-order valence-corrected chi connectivity index (χ1v) is 7.92. The molecule has 21 heavy (non-hydrogen) atoms. The van der Waals surface area contributed by atoms with E-state index in [9.17, 15) is 4.79 Å². The number of aromatic nitrogens is 2. The van der Waals surface area contributed by atoms with E-state index in [4.69, 9.17) is 5.73 Å². The molecule has 118 valence electrons. The van der Waals surface area contributed by atoms with Crippen LogP contribution in [0.15, 0.2) is 0 Å². The average Bonchev–Trinajstić information content (AvgIpc) is 2.89. The van der Waals surface area contributed by atoms with Gasteiger partial charge < -0.3 is 11.1 Å². The summed E-state index contributed by atoms with van der Waals surface area (Å²) in [5.41, 5.74) is 9.49. The van der Waals surface area contributed by atoms with Crippen molar-refractivity contribution in [1.29, 1.82) is 0 Å². The zero-order valence-corrected chi connectivity index (χ0v) is 13.6. The van der Waals surface area contributed by atoms with Gasteiger partial charge in [-0.1, -0.05) is 6.42 Å². The zero-order valence-electron chi connectivity index (χ0n) is 13.6. The SMILES string of the molecule is Cc1nn(C)c(C)c1CC(C)NC(=O)C[C@@H]1CCC[C@H]1N. The molecular weight excluding hydrogens is 264 g/mol. The van der Waals surface area contributed by atoms with Gasteiger partial charge in [0, 0.05) is 31.2 Å². The van der Waals surface area contributed by atoms with Crippen molar-refractivity contribution in [3.05, 3.63) is 17.0 Å². The summed E-state index contributed by atoms with van der Waals surface area (Å²) < 4.78 is 1.90. The van der Waals surface area contributed by atoms with Gasteiger partial charge in [0.1, 0.15) is 0 Å². The highest BCUT2D eigenvalue weighted by molar-refractivity contribution is 5.76. The standard InChI is InChI=1S/C16H28N4O/c1-10(8-14-11(2)19-20(4)12(14)3)18-16(21)9-13-6-5-7-15(13)17/h10,13,15H,5-9,17H2,1-4H3,(H,18,21)/t10?,13-,15+/m0/s1. The number of hydrogen-bond donors (Lipinski definition) is 2. The Bertz CT molecular complexity index is 509. The maximum Gasteiger partial charge on any atom is 0.220 e. The monoisotopic (exact) mass is 292 g/mol. The molecule has 1 amide bonds. The Morgan fingerprint density at radius 3 is 2.71 bits per heavy atom. The molecule has 2 rings (SSSR count). The molecule has 3 N–H and O–H groups in total. The smallest absolute Gasteiger partial charge is 0.220 e. The first-order valence-electron chi connectivity index (χ1n) is 7.92. The fraction of sp³-hybridized carbons (Fsp3) is 0.750. The van der Waals surface area contributed by atoms with E-state index in [0.29, 0.717) is 12.3 Å². The Hall–Kier alpha value is -1.36. The van der Waals surface area contributed by atoms with Gasteiger partial charge in [0.25, 0.3) is 0 Å². The number of carbonyl (C=O) groups is 1. The van der Waals surface area contributed by atoms with E-state index in [0.717, 1.165) is 31.4 Å². The number of amides is 1. The molecule has 3 atom stereocenters. The Labute approximate surface area is 127 Å². The minimum atomic E-state index is 0.122. The van der Waals surface area contributed by atoms with Crippen molar-refractivity contribution in [2.24, 2.45) is 18.7 Å². The molecule has 0 saturated heterocycles. The molecular formula is C16H28N4O. The Balaban J connectivity index is 1.86. The number of carbonyl (C=O) groups excluding carboxylic acids is 1. The molecule has 0 bridgehead atoms. The summed E-state index contributed by atoms with van der Waals surface area (Å²) in [5, 5.41) is 7.53. The molecule has 1 heterocycles. The molecule has 1 aliphatic carbocycles. The maximum absolute atomic E-state index is 12.1. The normalized spacial score (nSPS) is 23.3. The molecule has 5 nitrogen and oxygen atoms in total. The van der Waals surface area contributed by atoms with Crippen LogP contribution >= 0.6 is 0 Å². The molecule has 1 aromatic heterocycles. The lowest BCUT2D eigenvalue weighted by molar-refractivity contribution is -0.122. The third kappa shape index (κ3) is 3.84.